The van der Waals surface area contributed by atoms with Crippen LogP contribution in [-0.2, 0) is 0 Å². The number of para-hydroxylation sites is 1. The lowest BCUT2D eigenvalue weighted by Crippen LogP contribution is -2.29. The van der Waals surface area contributed by atoms with Gasteiger partial charge in [0.1, 0.15) is 11.5 Å². The summed E-state index contributed by atoms with van der Waals surface area (Å²) < 4.78 is 5.87. The number of aromatic hydroxyl groups is 1. The fraction of sp³-hybridized carbons (Fsp3) is 0.333. The maximum atomic E-state index is 10.3. The first-order valence-corrected chi connectivity index (χ1v) is 8.65. The number of benzene rings is 2. The average molecular weight is 321 g/mol. The Bertz CT molecular complexity index is 781. The van der Waals surface area contributed by atoms with Crippen molar-refractivity contribution in [3.05, 3.63) is 65.7 Å². The number of anilines is 1. The number of rotatable bonds is 3. The van der Waals surface area contributed by atoms with Gasteiger partial charge < -0.3 is 15.2 Å². The molecule has 0 spiro atoms. The van der Waals surface area contributed by atoms with E-state index in [2.05, 4.69) is 29.6 Å². The van der Waals surface area contributed by atoms with E-state index in [1.54, 1.807) is 6.07 Å². The van der Waals surface area contributed by atoms with Crippen molar-refractivity contribution in [2.75, 3.05) is 5.32 Å². The Hall–Kier alpha value is -2.42. The maximum absolute atomic E-state index is 10.3. The number of phenols is 1. The van der Waals surface area contributed by atoms with Crippen molar-refractivity contribution in [3.8, 4) is 11.5 Å². The van der Waals surface area contributed by atoms with Crippen molar-refractivity contribution >= 4 is 5.69 Å². The third-order valence-electron chi connectivity index (χ3n) is 4.98. The molecular weight excluding hydrogens is 298 g/mol. The second-order valence-corrected chi connectivity index (χ2v) is 6.95. The van der Waals surface area contributed by atoms with Crippen LogP contribution in [0.2, 0.25) is 0 Å². The summed E-state index contributed by atoms with van der Waals surface area (Å²) in [6.45, 7) is 4.09. The zero-order chi connectivity index (χ0) is 16.7. The molecule has 4 rings (SSSR count). The summed E-state index contributed by atoms with van der Waals surface area (Å²) >= 11 is 0. The molecule has 1 aliphatic heterocycles. The number of fused-ring (bicyclic) bond motifs is 3. The molecule has 2 aromatic rings. The molecule has 0 saturated carbocycles. The molecule has 3 nitrogen and oxygen atoms in total. The summed E-state index contributed by atoms with van der Waals surface area (Å²) in [5.74, 6) is 2.07. The molecule has 2 aliphatic rings. The van der Waals surface area contributed by atoms with E-state index in [1.165, 1.54) is 5.56 Å². The minimum atomic E-state index is 0.121. The molecule has 0 fully saturated rings. The van der Waals surface area contributed by atoms with E-state index in [0.29, 0.717) is 17.6 Å². The highest BCUT2D eigenvalue weighted by molar-refractivity contribution is 5.62. The fourth-order valence-corrected chi connectivity index (χ4v) is 3.98. The van der Waals surface area contributed by atoms with Gasteiger partial charge in [0.05, 0.1) is 12.1 Å². The van der Waals surface area contributed by atoms with E-state index in [1.807, 2.05) is 38.1 Å². The quantitative estimate of drug-likeness (QED) is 0.781. The van der Waals surface area contributed by atoms with Gasteiger partial charge in [-0.05, 0) is 56.0 Å². The van der Waals surface area contributed by atoms with Gasteiger partial charge in [0.15, 0.2) is 0 Å². The zero-order valence-electron chi connectivity index (χ0n) is 14.1. The second-order valence-electron chi connectivity index (χ2n) is 6.95. The highest BCUT2D eigenvalue weighted by Crippen LogP contribution is 2.51. The van der Waals surface area contributed by atoms with Gasteiger partial charge >= 0.3 is 0 Å². The third-order valence-corrected chi connectivity index (χ3v) is 4.98. The highest BCUT2D eigenvalue weighted by Gasteiger charge is 2.38. The summed E-state index contributed by atoms with van der Waals surface area (Å²) in [7, 11) is 0. The normalized spacial score (nSPS) is 24.4. The molecule has 3 atom stereocenters. The first-order valence-electron chi connectivity index (χ1n) is 8.65. The Labute approximate surface area is 143 Å². The zero-order valence-corrected chi connectivity index (χ0v) is 14.1. The molecule has 0 bridgehead atoms. The topological polar surface area (TPSA) is 41.5 Å². The van der Waals surface area contributed by atoms with Gasteiger partial charge in [-0.25, -0.2) is 0 Å². The molecule has 0 aromatic heterocycles. The first-order chi connectivity index (χ1) is 11.6. The first kappa shape index (κ1) is 15.1. The minimum absolute atomic E-state index is 0.121. The van der Waals surface area contributed by atoms with Crippen molar-refractivity contribution < 1.29 is 9.84 Å². The Balaban J connectivity index is 1.74. The van der Waals surface area contributed by atoms with Crippen LogP contribution in [0.4, 0.5) is 5.69 Å². The molecule has 1 heterocycles. The Morgan fingerprint density at radius 3 is 2.75 bits per heavy atom. The highest BCUT2D eigenvalue weighted by atomic mass is 16.5. The largest absolute Gasteiger partial charge is 0.508 e. The summed E-state index contributed by atoms with van der Waals surface area (Å²) in [6.07, 6.45) is 5.75. The summed E-state index contributed by atoms with van der Waals surface area (Å²) in [6, 6.07) is 14.0. The smallest absolute Gasteiger partial charge is 0.120 e. The molecule has 0 amide bonds. The lowest BCUT2D eigenvalue weighted by atomic mass is 9.77. The van der Waals surface area contributed by atoms with E-state index in [9.17, 15) is 5.11 Å². The number of nitrogens with one attached hydrogen (secondary N) is 1. The average Bonchev–Trinajstić information content (AvgIpc) is 3.04. The number of allylic oxidation sites excluding steroid dienone is 2. The van der Waals surface area contributed by atoms with Crippen molar-refractivity contribution in [3.63, 3.8) is 0 Å². The lowest BCUT2D eigenvalue weighted by Gasteiger charge is -2.38. The predicted molar refractivity (Wildman–Crippen MR) is 96.7 cm³/mol. The van der Waals surface area contributed by atoms with Crippen LogP contribution in [0.1, 0.15) is 43.4 Å². The van der Waals surface area contributed by atoms with Crippen LogP contribution in [0, 0.1) is 5.92 Å². The molecule has 3 unspecified atom stereocenters. The van der Waals surface area contributed by atoms with Crippen LogP contribution in [-0.4, -0.2) is 11.2 Å². The lowest BCUT2D eigenvalue weighted by molar-refractivity contribution is 0.242. The van der Waals surface area contributed by atoms with E-state index in [4.69, 9.17) is 4.74 Å². The molecule has 0 saturated heterocycles. The molecule has 24 heavy (non-hydrogen) atoms. The van der Waals surface area contributed by atoms with Crippen molar-refractivity contribution in [1.29, 1.82) is 0 Å². The van der Waals surface area contributed by atoms with Crippen LogP contribution < -0.4 is 10.1 Å². The molecule has 124 valence electrons. The van der Waals surface area contributed by atoms with E-state index >= 15 is 0 Å². The van der Waals surface area contributed by atoms with Gasteiger partial charge in [0, 0.05) is 17.2 Å². The van der Waals surface area contributed by atoms with Crippen LogP contribution in [0.5, 0.6) is 11.5 Å². The molecule has 2 N–H and O–H groups in total. The van der Waals surface area contributed by atoms with Crippen LogP contribution in [0.15, 0.2) is 54.6 Å². The molecule has 2 aromatic carbocycles. The van der Waals surface area contributed by atoms with Gasteiger partial charge in [-0.2, -0.15) is 0 Å². The van der Waals surface area contributed by atoms with Crippen LogP contribution >= 0.6 is 0 Å². The Morgan fingerprint density at radius 2 is 1.96 bits per heavy atom. The van der Waals surface area contributed by atoms with E-state index < -0.39 is 0 Å². The number of hydrogen-bond acceptors (Lipinski definition) is 3. The van der Waals surface area contributed by atoms with Gasteiger partial charge in [0.25, 0.3) is 0 Å². The van der Waals surface area contributed by atoms with E-state index in [-0.39, 0.29) is 12.1 Å². The summed E-state index contributed by atoms with van der Waals surface area (Å²) in [5.41, 5.74) is 3.40. The SMILES string of the molecule is CC(C)Oc1ccc2c(c1)C1C=CCC1C(c1ccccc1O)N2. The van der Waals surface area contributed by atoms with Crippen LogP contribution in [0.25, 0.3) is 0 Å². The number of phenolic OH excluding ortho intramolecular Hbond substituents is 1. The number of hydrogen-bond donors (Lipinski definition) is 2. The Morgan fingerprint density at radius 1 is 1.12 bits per heavy atom. The maximum Gasteiger partial charge on any atom is 0.120 e. The van der Waals surface area contributed by atoms with Crippen molar-refractivity contribution in [1.82, 2.24) is 0 Å². The third kappa shape index (κ3) is 2.54. The minimum Gasteiger partial charge on any atom is -0.508 e. The van der Waals surface area contributed by atoms with Gasteiger partial charge in [-0.15, -0.1) is 0 Å². The van der Waals surface area contributed by atoms with Crippen molar-refractivity contribution in [2.45, 2.75) is 38.3 Å². The van der Waals surface area contributed by atoms with Gasteiger partial charge in [-0.1, -0.05) is 30.4 Å². The molecule has 1 aliphatic carbocycles. The standard InChI is InChI=1S/C21H23NO2/c1-13(2)24-14-10-11-19-18(12-14)15-7-5-8-16(15)21(22-19)17-6-3-4-9-20(17)23/h3-7,9-13,15-16,21-23H,8H2,1-2H3. The Kier molecular flexibility index (Phi) is 3.72. The van der Waals surface area contributed by atoms with Gasteiger partial charge in [-0.3, -0.25) is 0 Å². The second kappa shape index (κ2) is 5.90. The number of ether oxygens (including phenoxy) is 1. The predicted octanol–water partition coefficient (Wildman–Crippen LogP) is 5.01. The van der Waals surface area contributed by atoms with Crippen molar-refractivity contribution in [2.24, 2.45) is 5.92 Å². The van der Waals surface area contributed by atoms with Crippen LogP contribution in [0.3, 0.4) is 0 Å². The summed E-state index contributed by atoms with van der Waals surface area (Å²) in [5, 5.41) is 13.9. The molecule has 3 heteroatoms. The molecule has 0 radical (unpaired) electrons. The fourth-order valence-electron chi connectivity index (χ4n) is 3.98. The van der Waals surface area contributed by atoms with E-state index in [0.717, 1.165) is 23.4 Å². The summed E-state index contributed by atoms with van der Waals surface area (Å²) in [4.78, 5) is 0. The van der Waals surface area contributed by atoms with Gasteiger partial charge in [0.2, 0.25) is 0 Å². The molecular formula is C21H23NO2. The monoisotopic (exact) mass is 321 g/mol.